The molecule has 0 saturated carbocycles. The Labute approximate surface area is 159 Å². The number of likely N-dealkylation sites (tertiary alicyclic amines) is 1. The molecule has 3 rings (SSSR count). The molecule has 1 fully saturated rings. The van der Waals surface area contributed by atoms with Crippen LogP contribution in [0, 0.1) is 0 Å². The molecule has 1 saturated heterocycles. The first-order chi connectivity index (χ1) is 12.8. The molecule has 0 aliphatic carbocycles. The number of nitrogens with one attached hydrogen (secondary N) is 1. The number of benzene rings is 1. The fourth-order valence-electron chi connectivity index (χ4n) is 3.02. The van der Waals surface area contributed by atoms with E-state index in [9.17, 15) is 9.90 Å². The average molecular weight is 373 g/mol. The molecule has 1 amide bonds. The molecule has 0 radical (unpaired) electrons. The van der Waals surface area contributed by atoms with Crippen molar-refractivity contribution in [2.24, 2.45) is 0 Å². The van der Waals surface area contributed by atoms with Gasteiger partial charge in [-0.15, -0.1) is 0 Å². The third kappa shape index (κ3) is 5.38. The molecular weight excluding hydrogens is 346 g/mol. The van der Waals surface area contributed by atoms with E-state index in [1.165, 1.54) is 6.39 Å². The van der Waals surface area contributed by atoms with Crippen LogP contribution in [-0.2, 0) is 16.1 Å². The lowest BCUT2D eigenvalue weighted by Crippen LogP contribution is -2.45. The largest absolute Gasteiger partial charge is 0.444 e. The molecule has 2 heterocycles. The lowest BCUT2D eigenvalue weighted by molar-refractivity contribution is -0.130. The number of carbonyl (C=O) groups excluding carboxylic acids is 1. The zero-order valence-corrected chi connectivity index (χ0v) is 16.0. The van der Waals surface area contributed by atoms with Crippen molar-refractivity contribution in [1.29, 1.82) is 0 Å². The average Bonchev–Trinajstić information content (AvgIpc) is 3.27. The second-order valence-corrected chi connectivity index (χ2v) is 7.84. The van der Waals surface area contributed by atoms with Gasteiger partial charge in [-0.1, -0.05) is 24.3 Å². The number of carbonyl (C=O) groups is 1. The maximum atomic E-state index is 12.6. The lowest BCUT2D eigenvalue weighted by atomic mass is 10.1. The third-order valence-electron chi connectivity index (χ3n) is 4.48. The number of β-amino-alcohol motifs (C(OH)–C–C–N with tert-alkyl or cyclic N) is 1. The number of ether oxygens (including phenoxy) is 1. The van der Waals surface area contributed by atoms with Crippen LogP contribution in [0.1, 0.15) is 32.8 Å². The maximum Gasteiger partial charge on any atom is 0.237 e. The monoisotopic (exact) mass is 373 g/mol. The molecule has 1 aromatic carbocycles. The number of amides is 1. The van der Waals surface area contributed by atoms with Gasteiger partial charge in [0.15, 0.2) is 12.2 Å². The summed E-state index contributed by atoms with van der Waals surface area (Å²) >= 11 is 0. The van der Waals surface area contributed by atoms with Crippen molar-refractivity contribution in [3.8, 4) is 11.3 Å². The van der Waals surface area contributed by atoms with Gasteiger partial charge < -0.3 is 19.6 Å². The predicted molar refractivity (Wildman–Crippen MR) is 101 cm³/mol. The SMILES string of the molecule is CC(C)(C)OCN1CC(O)CC1C(=O)NCc1ccc(-c2cnco2)cc1. The summed E-state index contributed by atoms with van der Waals surface area (Å²) < 4.78 is 11.0. The van der Waals surface area contributed by atoms with Crippen molar-refractivity contribution in [1.82, 2.24) is 15.2 Å². The smallest absolute Gasteiger partial charge is 0.237 e. The number of aromatic nitrogens is 1. The van der Waals surface area contributed by atoms with E-state index in [4.69, 9.17) is 9.15 Å². The molecule has 1 aliphatic rings. The van der Waals surface area contributed by atoms with E-state index in [-0.39, 0.29) is 17.6 Å². The van der Waals surface area contributed by atoms with Gasteiger partial charge in [0.1, 0.15) is 6.73 Å². The van der Waals surface area contributed by atoms with Crippen LogP contribution >= 0.6 is 0 Å². The molecule has 2 N–H and O–H groups in total. The Morgan fingerprint density at radius 3 is 2.74 bits per heavy atom. The van der Waals surface area contributed by atoms with Crippen LogP contribution in [0.5, 0.6) is 0 Å². The Bertz CT molecular complexity index is 738. The number of rotatable bonds is 6. The summed E-state index contributed by atoms with van der Waals surface area (Å²) in [5, 5.41) is 12.9. The van der Waals surface area contributed by atoms with Crippen molar-refractivity contribution >= 4 is 5.91 Å². The molecule has 2 aromatic rings. The summed E-state index contributed by atoms with van der Waals surface area (Å²) in [7, 11) is 0. The number of hydrogen-bond donors (Lipinski definition) is 2. The summed E-state index contributed by atoms with van der Waals surface area (Å²) in [5.74, 6) is 0.614. The molecule has 0 bridgehead atoms. The highest BCUT2D eigenvalue weighted by Gasteiger charge is 2.36. The highest BCUT2D eigenvalue weighted by molar-refractivity contribution is 5.82. The standard InChI is InChI=1S/C20H27N3O4/c1-20(2,3)27-13-23-11-16(24)8-17(23)19(25)22-9-14-4-6-15(7-5-14)18-10-21-12-26-18/h4-7,10,12,16-17,24H,8-9,11,13H2,1-3H3,(H,22,25). The maximum absolute atomic E-state index is 12.6. The highest BCUT2D eigenvalue weighted by atomic mass is 16.5. The van der Waals surface area contributed by atoms with Crippen LogP contribution in [0.2, 0.25) is 0 Å². The molecule has 1 aromatic heterocycles. The molecular formula is C20H27N3O4. The zero-order valence-electron chi connectivity index (χ0n) is 16.0. The van der Waals surface area contributed by atoms with Gasteiger partial charge >= 0.3 is 0 Å². The van der Waals surface area contributed by atoms with E-state index in [0.29, 0.717) is 32.0 Å². The number of aliphatic hydroxyl groups is 1. The molecule has 0 spiro atoms. The minimum atomic E-state index is -0.509. The van der Waals surface area contributed by atoms with Crippen molar-refractivity contribution < 1.29 is 19.1 Å². The van der Waals surface area contributed by atoms with E-state index in [1.807, 2.05) is 49.9 Å². The second-order valence-electron chi connectivity index (χ2n) is 7.84. The molecule has 146 valence electrons. The summed E-state index contributed by atoms with van der Waals surface area (Å²) in [6, 6.07) is 7.38. The topological polar surface area (TPSA) is 87.8 Å². The van der Waals surface area contributed by atoms with Gasteiger partial charge in [0.05, 0.1) is 23.9 Å². The van der Waals surface area contributed by atoms with E-state index >= 15 is 0 Å². The number of nitrogens with zero attached hydrogens (tertiary/aromatic N) is 2. The third-order valence-corrected chi connectivity index (χ3v) is 4.48. The van der Waals surface area contributed by atoms with E-state index in [1.54, 1.807) is 6.20 Å². The fourth-order valence-corrected chi connectivity index (χ4v) is 3.02. The van der Waals surface area contributed by atoms with Gasteiger partial charge in [-0.2, -0.15) is 0 Å². The van der Waals surface area contributed by atoms with Crippen LogP contribution < -0.4 is 5.32 Å². The molecule has 7 heteroatoms. The normalized spacial score (nSPS) is 20.7. The van der Waals surface area contributed by atoms with Crippen LogP contribution in [-0.4, -0.2) is 51.9 Å². The van der Waals surface area contributed by atoms with Crippen LogP contribution in [0.15, 0.2) is 41.3 Å². The Morgan fingerprint density at radius 2 is 2.11 bits per heavy atom. The van der Waals surface area contributed by atoms with Gasteiger partial charge in [-0.3, -0.25) is 9.69 Å². The summed E-state index contributed by atoms with van der Waals surface area (Å²) in [6.07, 6.45) is 2.97. The number of aliphatic hydroxyl groups excluding tert-OH is 1. The van der Waals surface area contributed by atoms with Crippen molar-refractivity contribution in [3.05, 3.63) is 42.4 Å². The highest BCUT2D eigenvalue weighted by Crippen LogP contribution is 2.21. The van der Waals surface area contributed by atoms with E-state index in [0.717, 1.165) is 11.1 Å². The first kappa shape index (κ1) is 19.5. The van der Waals surface area contributed by atoms with E-state index < -0.39 is 6.10 Å². The molecule has 1 aliphatic heterocycles. The Kier molecular flexibility index (Phi) is 5.94. The zero-order chi connectivity index (χ0) is 19.4. The Balaban J connectivity index is 1.54. The number of hydrogen-bond acceptors (Lipinski definition) is 6. The van der Waals surface area contributed by atoms with Crippen LogP contribution in [0.3, 0.4) is 0 Å². The minimum absolute atomic E-state index is 0.0941. The molecule has 2 atom stereocenters. The van der Waals surface area contributed by atoms with Gasteiger partial charge in [-0.25, -0.2) is 4.98 Å². The van der Waals surface area contributed by atoms with Crippen LogP contribution in [0.4, 0.5) is 0 Å². The first-order valence-electron chi connectivity index (χ1n) is 9.13. The Morgan fingerprint density at radius 1 is 1.37 bits per heavy atom. The predicted octanol–water partition coefficient (Wildman–Crippen LogP) is 2.17. The fraction of sp³-hybridized carbons (Fsp3) is 0.500. The molecule has 27 heavy (non-hydrogen) atoms. The van der Waals surface area contributed by atoms with Gasteiger partial charge in [0.25, 0.3) is 0 Å². The molecule has 2 unspecified atom stereocenters. The van der Waals surface area contributed by atoms with Gasteiger partial charge in [0, 0.05) is 18.7 Å². The summed E-state index contributed by atoms with van der Waals surface area (Å²) in [4.78, 5) is 18.4. The van der Waals surface area contributed by atoms with Crippen LogP contribution in [0.25, 0.3) is 11.3 Å². The Hall–Kier alpha value is -2.22. The first-order valence-corrected chi connectivity index (χ1v) is 9.13. The number of oxazole rings is 1. The summed E-state index contributed by atoms with van der Waals surface area (Å²) in [5.41, 5.74) is 1.63. The van der Waals surface area contributed by atoms with Gasteiger partial charge in [-0.05, 0) is 32.8 Å². The lowest BCUT2D eigenvalue weighted by Gasteiger charge is -2.28. The quantitative estimate of drug-likeness (QED) is 0.807. The van der Waals surface area contributed by atoms with Crippen molar-refractivity contribution in [2.75, 3.05) is 13.3 Å². The minimum Gasteiger partial charge on any atom is -0.444 e. The van der Waals surface area contributed by atoms with Gasteiger partial charge in [0.2, 0.25) is 5.91 Å². The van der Waals surface area contributed by atoms with E-state index in [2.05, 4.69) is 10.3 Å². The molecule has 7 nitrogen and oxygen atoms in total. The van der Waals surface area contributed by atoms with Crippen molar-refractivity contribution in [2.45, 2.75) is 51.5 Å². The second kappa shape index (κ2) is 8.21. The van der Waals surface area contributed by atoms with Crippen molar-refractivity contribution in [3.63, 3.8) is 0 Å². The summed E-state index contributed by atoms with van der Waals surface area (Å²) in [6.45, 7) is 7.10.